The molecule has 1 unspecified atom stereocenters. The van der Waals surface area contributed by atoms with Gasteiger partial charge in [0, 0.05) is 12.6 Å². The van der Waals surface area contributed by atoms with E-state index in [1.165, 1.54) is 18.9 Å². The molecule has 1 aliphatic heterocycles. The second kappa shape index (κ2) is 6.19. The number of thiophene rings is 1. The van der Waals surface area contributed by atoms with Crippen LogP contribution in [-0.2, 0) is 0 Å². The van der Waals surface area contributed by atoms with Crippen molar-refractivity contribution in [3.63, 3.8) is 0 Å². The van der Waals surface area contributed by atoms with Gasteiger partial charge in [0.05, 0.1) is 4.88 Å². The molecular weight excluding hydrogens is 262 g/mol. The van der Waals surface area contributed by atoms with E-state index in [-0.39, 0.29) is 10.8 Å². The Hall–Kier alpha value is -1.36. The molecule has 0 radical (unpaired) electrons. The van der Waals surface area contributed by atoms with Crippen molar-refractivity contribution < 1.29 is 14.7 Å². The van der Waals surface area contributed by atoms with E-state index in [0.717, 1.165) is 37.1 Å². The molecule has 1 aliphatic rings. The molecule has 2 heterocycles. The van der Waals surface area contributed by atoms with Crippen LogP contribution in [0.2, 0.25) is 0 Å². The van der Waals surface area contributed by atoms with Crippen LogP contribution in [0.4, 0.5) is 0 Å². The number of nitrogens with zero attached hydrogens (tertiary/aromatic N) is 1. The zero-order chi connectivity index (χ0) is 13.8. The highest BCUT2D eigenvalue weighted by atomic mass is 32.1. The Morgan fingerprint density at radius 2 is 2.05 bits per heavy atom. The summed E-state index contributed by atoms with van der Waals surface area (Å²) in [5.41, 5.74) is 0. The first kappa shape index (κ1) is 14.1. The van der Waals surface area contributed by atoms with Gasteiger partial charge >= 0.3 is 5.97 Å². The van der Waals surface area contributed by atoms with Crippen LogP contribution in [0.5, 0.6) is 0 Å². The predicted molar refractivity (Wildman–Crippen MR) is 74.9 cm³/mol. The van der Waals surface area contributed by atoms with Crippen LogP contribution < -0.4 is 0 Å². The molecule has 0 aliphatic carbocycles. The highest BCUT2D eigenvalue weighted by molar-refractivity contribution is 7.15. The summed E-state index contributed by atoms with van der Waals surface area (Å²) in [5, 5.41) is 8.92. The molecule has 5 heteroatoms. The van der Waals surface area contributed by atoms with Crippen molar-refractivity contribution in [1.82, 2.24) is 4.90 Å². The predicted octanol–water partition coefficient (Wildman–Crippen LogP) is 3.24. The molecule has 19 heavy (non-hydrogen) atoms. The minimum absolute atomic E-state index is 0.00810. The average molecular weight is 281 g/mol. The highest BCUT2D eigenvalue weighted by Crippen LogP contribution is 2.24. The number of hydrogen-bond acceptors (Lipinski definition) is 3. The summed E-state index contributed by atoms with van der Waals surface area (Å²) in [7, 11) is 0. The van der Waals surface area contributed by atoms with Gasteiger partial charge in [0.25, 0.3) is 5.91 Å². The fraction of sp³-hybridized carbons (Fsp3) is 0.571. The van der Waals surface area contributed by atoms with E-state index < -0.39 is 5.97 Å². The van der Waals surface area contributed by atoms with E-state index in [9.17, 15) is 9.59 Å². The van der Waals surface area contributed by atoms with Crippen LogP contribution >= 0.6 is 11.3 Å². The van der Waals surface area contributed by atoms with Crippen LogP contribution in [-0.4, -0.2) is 34.5 Å². The first-order valence-corrected chi connectivity index (χ1v) is 7.59. The van der Waals surface area contributed by atoms with E-state index in [4.69, 9.17) is 5.11 Å². The maximum atomic E-state index is 12.5. The van der Waals surface area contributed by atoms with Gasteiger partial charge in [-0.2, -0.15) is 0 Å². The third kappa shape index (κ3) is 3.15. The zero-order valence-electron chi connectivity index (χ0n) is 11.1. The lowest BCUT2D eigenvalue weighted by Gasteiger charge is -2.28. The number of carbonyl (C=O) groups is 2. The SMILES string of the molecule is CCC1CCCCCN1C(=O)c1ccc(C(=O)O)s1. The van der Waals surface area contributed by atoms with E-state index >= 15 is 0 Å². The van der Waals surface area contributed by atoms with E-state index in [2.05, 4.69) is 6.92 Å². The Kier molecular flexibility index (Phi) is 4.58. The summed E-state index contributed by atoms with van der Waals surface area (Å²) >= 11 is 1.07. The summed E-state index contributed by atoms with van der Waals surface area (Å²) in [6.07, 6.45) is 5.40. The molecule has 1 aromatic heterocycles. The molecule has 1 amide bonds. The van der Waals surface area contributed by atoms with E-state index in [1.54, 1.807) is 6.07 Å². The standard InChI is InChI=1S/C14H19NO3S/c1-2-10-6-4-3-5-9-15(10)13(16)11-7-8-12(19-11)14(17)18/h7-8,10H,2-6,9H2,1H3,(H,17,18). The third-order valence-corrected chi connectivity index (χ3v) is 4.70. The fourth-order valence-corrected chi connectivity index (χ4v) is 3.38. The summed E-state index contributed by atoms with van der Waals surface area (Å²) < 4.78 is 0. The number of rotatable bonds is 3. The fourth-order valence-electron chi connectivity index (χ4n) is 2.58. The van der Waals surface area contributed by atoms with Gasteiger partial charge in [0.2, 0.25) is 0 Å². The quantitative estimate of drug-likeness (QED) is 0.925. The van der Waals surface area contributed by atoms with Gasteiger partial charge in [-0.3, -0.25) is 4.79 Å². The van der Waals surface area contributed by atoms with Crippen molar-refractivity contribution in [2.75, 3.05) is 6.54 Å². The zero-order valence-corrected chi connectivity index (χ0v) is 11.9. The molecule has 1 atom stereocenters. The van der Waals surface area contributed by atoms with E-state index in [0.29, 0.717) is 10.9 Å². The van der Waals surface area contributed by atoms with Gasteiger partial charge in [-0.05, 0) is 31.4 Å². The van der Waals surface area contributed by atoms with Gasteiger partial charge in [0.15, 0.2) is 0 Å². The lowest BCUT2D eigenvalue weighted by Crippen LogP contribution is -2.39. The topological polar surface area (TPSA) is 57.6 Å². The maximum absolute atomic E-state index is 12.5. The normalized spacial score (nSPS) is 20.1. The van der Waals surface area contributed by atoms with E-state index in [1.807, 2.05) is 4.90 Å². The van der Waals surface area contributed by atoms with Gasteiger partial charge in [-0.15, -0.1) is 11.3 Å². The van der Waals surface area contributed by atoms with Crippen LogP contribution in [0.3, 0.4) is 0 Å². The molecule has 1 saturated heterocycles. The third-order valence-electron chi connectivity index (χ3n) is 3.64. The number of hydrogen-bond donors (Lipinski definition) is 1. The lowest BCUT2D eigenvalue weighted by atomic mass is 10.1. The van der Waals surface area contributed by atoms with Crippen LogP contribution in [0.25, 0.3) is 0 Å². The first-order valence-electron chi connectivity index (χ1n) is 6.77. The van der Waals surface area contributed by atoms with Crippen molar-refractivity contribution in [3.05, 3.63) is 21.9 Å². The van der Waals surface area contributed by atoms with Crippen molar-refractivity contribution >= 4 is 23.2 Å². The van der Waals surface area contributed by atoms with Gasteiger partial charge < -0.3 is 10.0 Å². The Balaban J connectivity index is 2.17. The second-order valence-corrected chi connectivity index (χ2v) is 5.96. The Labute approximate surface area is 117 Å². The van der Waals surface area contributed by atoms with Crippen molar-refractivity contribution in [1.29, 1.82) is 0 Å². The number of amides is 1. The van der Waals surface area contributed by atoms with Gasteiger partial charge in [-0.1, -0.05) is 19.8 Å². The molecule has 1 N–H and O–H groups in total. The second-order valence-electron chi connectivity index (χ2n) is 4.88. The average Bonchev–Trinajstić information content (AvgIpc) is 2.77. The molecule has 0 saturated carbocycles. The Morgan fingerprint density at radius 1 is 1.32 bits per heavy atom. The maximum Gasteiger partial charge on any atom is 0.345 e. The molecule has 1 aromatic rings. The molecule has 2 rings (SSSR count). The smallest absolute Gasteiger partial charge is 0.345 e. The number of aromatic carboxylic acids is 1. The molecule has 0 bridgehead atoms. The Bertz CT molecular complexity index is 469. The first-order chi connectivity index (χ1) is 9.13. The van der Waals surface area contributed by atoms with Crippen molar-refractivity contribution in [2.24, 2.45) is 0 Å². The van der Waals surface area contributed by atoms with Crippen molar-refractivity contribution in [2.45, 2.75) is 45.1 Å². The van der Waals surface area contributed by atoms with Crippen LogP contribution in [0.15, 0.2) is 12.1 Å². The summed E-state index contributed by atoms with van der Waals surface area (Å²) in [4.78, 5) is 26.1. The van der Waals surface area contributed by atoms with Crippen LogP contribution in [0.1, 0.15) is 58.4 Å². The molecule has 0 spiro atoms. The monoisotopic (exact) mass is 281 g/mol. The Morgan fingerprint density at radius 3 is 2.68 bits per heavy atom. The highest BCUT2D eigenvalue weighted by Gasteiger charge is 2.26. The number of carboxylic acids is 1. The minimum atomic E-state index is -0.966. The summed E-state index contributed by atoms with van der Waals surface area (Å²) in [6.45, 7) is 2.89. The largest absolute Gasteiger partial charge is 0.477 e. The number of likely N-dealkylation sites (tertiary alicyclic amines) is 1. The molecule has 1 fully saturated rings. The lowest BCUT2D eigenvalue weighted by molar-refractivity contribution is 0.0680. The van der Waals surface area contributed by atoms with Crippen molar-refractivity contribution in [3.8, 4) is 0 Å². The summed E-state index contributed by atoms with van der Waals surface area (Å²) in [6, 6.07) is 3.44. The van der Waals surface area contributed by atoms with Gasteiger partial charge in [0.1, 0.15) is 4.88 Å². The molecule has 104 valence electrons. The summed E-state index contributed by atoms with van der Waals surface area (Å²) in [5.74, 6) is -0.974. The number of carboxylic acid groups (broad SMARTS) is 1. The minimum Gasteiger partial charge on any atom is -0.477 e. The molecular formula is C14H19NO3S. The van der Waals surface area contributed by atoms with Crippen LogP contribution in [0, 0.1) is 0 Å². The number of carbonyl (C=O) groups excluding carboxylic acids is 1. The molecule has 4 nitrogen and oxygen atoms in total. The molecule has 0 aromatic carbocycles. The van der Waals surface area contributed by atoms with Gasteiger partial charge in [-0.25, -0.2) is 4.79 Å².